The zero-order valence-corrected chi connectivity index (χ0v) is 19.4. The van der Waals surface area contributed by atoms with Crippen LogP contribution in [0.1, 0.15) is 24.5 Å². The minimum Gasteiger partial charge on any atom is -0.379 e. The molecule has 1 fully saturated rings. The van der Waals surface area contributed by atoms with Crippen LogP contribution in [0, 0.1) is 6.92 Å². The van der Waals surface area contributed by atoms with E-state index >= 15 is 0 Å². The molecule has 0 aliphatic carbocycles. The normalized spacial score (nSPS) is 15.4. The van der Waals surface area contributed by atoms with Crippen LogP contribution in [-0.4, -0.2) is 68.3 Å². The predicted octanol–water partition coefficient (Wildman–Crippen LogP) is 2.91. The number of aromatic amines is 1. The molecule has 0 radical (unpaired) electrons. The van der Waals surface area contributed by atoms with Crippen molar-refractivity contribution in [1.82, 2.24) is 20.5 Å². The van der Waals surface area contributed by atoms with Crippen LogP contribution in [0.25, 0.3) is 10.9 Å². The SMILES string of the molecule is CCNC(=NCCCN1CCOCC1)NCCc1c[nH]c2cc(C)ccc12.I. The number of fused-ring (bicyclic) bond motifs is 1. The van der Waals surface area contributed by atoms with E-state index in [-0.39, 0.29) is 24.0 Å². The van der Waals surface area contributed by atoms with Gasteiger partial charge in [-0.3, -0.25) is 9.89 Å². The largest absolute Gasteiger partial charge is 0.379 e. The highest BCUT2D eigenvalue weighted by atomic mass is 127. The number of ether oxygens (including phenoxy) is 1. The van der Waals surface area contributed by atoms with E-state index in [0.717, 1.165) is 71.3 Å². The summed E-state index contributed by atoms with van der Waals surface area (Å²) in [5.41, 5.74) is 3.85. The van der Waals surface area contributed by atoms with E-state index in [2.05, 4.69) is 58.8 Å². The van der Waals surface area contributed by atoms with E-state index in [9.17, 15) is 0 Å². The van der Waals surface area contributed by atoms with Gasteiger partial charge in [0.25, 0.3) is 0 Å². The Morgan fingerprint density at radius 2 is 2.07 bits per heavy atom. The number of morpholine rings is 1. The molecule has 7 heteroatoms. The van der Waals surface area contributed by atoms with Crippen molar-refractivity contribution in [3.63, 3.8) is 0 Å². The third-order valence-corrected chi connectivity index (χ3v) is 4.96. The third-order valence-electron chi connectivity index (χ3n) is 4.96. The zero-order valence-electron chi connectivity index (χ0n) is 17.1. The molecule has 0 bridgehead atoms. The first-order chi connectivity index (χ1) is 13.3. The summed E-state index contributed by atoms with van der Waals surface area (Å²) in [6.45, 7) is 11.7. The van der Waals surface area contributed by atoms with E-state index in [4.69, 9.17) is 9.73 Å². The Balaban J connectivity index is 0.00000280. The number of nitrogens with zero attached hydrogens (tertiary/aromatic N) is 2. The van der Waals surface area contributed by atoms with Gasteiger partial charge >= 0.3 is 0 Å². The molecule has 6 nitrogen and oxygen atoms in total. The van der Waals surface area contributed by atoms with Crippen molar-refractivity contribution in [2.75, 3.05) is 52.5 Å². The first-order valence-electron chi connectivity index (χ1n) is 10.1. The van der Waals surface area contributed by atoms with Gasteiger partial charge in [0.15, 0.2) is 5.96 Å². The summed E-state index contributed by atoms with van der Waals surface area (Å²) in [5, 5.41) is 8.12. The minimum absolute atomic E-state index is 0. The predicted molar refractivity (Wildman–Crippen MR) is 128 cm³/mol. The lowest BCUT2D eigenvalue weighted by Gasteiger charge is -2.26. The fraction of sp³-hybridized carbons (Fsp3) is 0.571. The Morgan fingerprint density at radius 1 is 1.25 bits per heavy atom. The molecule has 1 saturated heterocycles. The summed E-state index contributed by atoms with van der Waals surface area (Å²) in [6, 6.07) is 6.58. The Morgan fingerprint density at radius 3 is 2.86 bits per heavy atom. The molecular weight excluding hydrogens is 465 g/mol. The fourth-order valence-corrected chi connectivity index (χ4v) is 3.47. The Bertz CT molecular complexity index is 739. The molecule has 3 N–H and O–H groups in total. The summed E-state index contributed by atoms with van der Waals surface area (Å²) in [5.74, 6) is 0.912. The quantitative estimate of drug-likeness (QED) is 0.226. The summed E-state index contributed by atoms with van der Waals surface area (Å²) < 4.78 is 5.39. The maximum Gasteiger partial charge on any atom is 0.191 e. The number of nitrogens with one attached hydrogen (secondary N) is 3. The number of hydrogen-bond donors (Lipinski definition) is 3. The van der Waals surface area contributed by atoms with E-state index in [1.165, 1.54) is 22.0 Å². The van der Waals surface area contributed by atoms with Crippen molar-refractivity contribution >= 4 is 40.8 Å². The maximum absolute atomic E-state index is 5.39. The fourth-order valence-electron chi connectivity index (χ4n) is 3.47. The van der Waals surface area contributed by atoms with E-state index in [0.29, 0.717) is 0 Å². The van der Waals surface area contributed by atoms with Crippen LogP contribution in [-0.2, 0) is 11.2 Å². The van der Waals surface area contributed by atoms with Crippen LogP contribution in [0.15, 0.2) is 29.4 Å². The molecule has 28 heavy (non-hydrogen) atoms. The van der Waals surface area contributed by atoms with Gasteiger partial charge in [-0.15, -0.1) is 24.0 Å². The Kier molecular flexibility index (Phi) is 10.1. The van der Waals surface area contributed by atoms with Crippen molar-refractivity contribution in [3.05, 3.63) is 35.5 Å². The molecule has 0 saturated carbocycles. The second-order valence-electron chi connectivity index (χ2n) is 7.11. The van der Waals surface area contributed by atoms with Crippen LogP contribution in [0.2, 0.25) is 0 Å². The Hall–Kier alpha value is -1.32. The lowest BCUT2D eigenvalue weighted by Crippen LogP contribution is -2.39. The van der Waals surface area contributed by atoms with Crippen LogP contribution in [0.3, 0.4) is 0 Å². The lowest BCUT2D eigenvalue weighted by atomic mass is 10.1. The van der Waals surface area contributed by atoms with E-state index in [1.54, 1.807) is 0 Å². The third kappa shape index (κ3) is 6.93. The maximum atomic E-state index is 5.39. The van der Waals surface area contributed by atoms with Gasteiger partial charge < -0.3 is 20.4 Å². The lowest BCUT2D eigenvalue weighted by molar-refractivity contribution is 0.0377. The summed E-state index contributed by atoms with van der Waals surface area (Å²) >= 11 is 0. The van der Waals surface area contributed by atoms with Gasteiger partial charge in [0.1, 0.15) is 0 Å². The van der Waals surface area contributed by atoms with Crippen molar-refractivity contribution < 1.29 is 4.74 Å². The van der Waals surface area contributed by atoms with Gasteiger partial charge in [0, 0.05) is 56.4 Å². The first kappa shape index (κ1) is 23.0. The highest BCUT2D eigenvalue weighted by Crippen LogP contribution is 2.19. The number of aromatic nitrogens is 1. The average molecular weight is 499 g/mol. The van der Waals surface area contributed by atoms with Crippen LogP contribution in [0.5, 0.6) is 0 Å². The number of rotatable bonds is 8. The standard InChI is InChI=1S/C21H33N5O.HI/c1-3-22-21(23-8-4-10-26-11-13-27-14-12-26)24-9-7-18-16-25-20-15-17(2)5-6-19(18)20;/h5-6,15-16,25H,3-4,7-14H2,1-2H3,(H2,22,23,24);1H. The number of halogens is 1. The zero-order chi connectivity index (χ0) is 18.9. The molecule has 2 heterocycles. The molecule has 0 spiro atoms. The number of aryl methyl sites for hydroxylation is 1. The molecular formula is C21H34IN5O. The van der Waals surface area contributed by atoms with Gasteiger partial charge in [0.2, 0.25) is 0 Å². The van der Waals surface area contributed by atoms with Crippen LogP contribution >= 0.6 is 24.0 Å². The summed E-state index contributed by atoms with van der Waals surface area (Å²) in [7, 11) is 0. The molecule has 0 atom stereocenters. The van der Waals surface area contributed by atoms with Gasteiger partial charge in [-0.1, -0.05) is 12.1 Å². The second kappa shape index (κ2) is 12.3. The number of hydrogen-bond acceptors (Lipinski definition) is 3. The van der Waals surface area contributed by atoms with Crippen molar-refractivity contribution in [2.24, 2.45) is 4.99 Å². The first-order valence-corrected chi connectivity index (χ1v) is 10.1. The van der Waals surface area contributed by atoms with Crippen molar-refractivity contribution in [3.8, 4) is 0 Å². The molecule has 1 aliphatic heterocycles. The van der Waals surface area contributed by atoms with Gasteiger partial charge in [0.05, 0.1) is 13.2 Å². The van der Waals surface area contributed by atoms with Gasteiger partial charge in [-0.05, 0) is 43.9 Å². The molecule has 156 valence electrons. The van der Waals surface area contributed by atoms with Gasteiger partial charge in [-0.25, -0.2) is 0 Å². The number of guanidine groups is 1. The van der Waals surface area contributed by atoms with Crippen LogP contribution < -0.4 is 10.6 Å². The van der Waals surface area contributed by atoms with E-state index in [1.807, 2.05) is 0 Å². The second-order valence-corrected chi connectivity index (χ2v) is 7.11. The van der Waals surface area contributed by atoms with Crippen molar-refractivity contribution in [1.29, 1.82) is 0 Å². The minimum atomic E-state index is 0. The highest BCUT2D eigenvalue weighted by Gasteiger charge is 2.09. The summed E-state index contributed by atoms with van der Waals surface area (Å²) in [6.07, 6.45) is 4.18. The number of H-pyrrole nitrogens is 1. The topological polar surface area (TPSA) is 64.7 Å². The average Bonchev–Trinajstić information content (AvgIpc) is 3.08. The molecule has 2 aromatic rings. The number of benzene rings is 1. The van der Waals surface area contributed by atoms with E-state index < -0.39 is 0 Å². The molecule has 0 amide bonds. The monoisotopic (exact) mass is 499 g/mol. The highest BCUT2D eigenvalue weighted by molar-refractivity contribution is 14.0. The van der Waals surface area contributed by atoms with Crippen molar-refractivity contribution in [2.45, 2.75) is 26.7 Å². The molecule has 1 aromatic carbocycles. The molecule has 0 unspecified atom stereocenters. The molecule has 1 aromatic heterocycles. The number of aliphatic imine (C=N–C) groups is 1. The van der Waals surface area contributed by atoms with Gasteiger partial charge in [-0.2, -0.15) is 0 Å². The summed E-state index contributed by atoms with van der Waals surface area (Å²) in [4.78, 5) is 10.6. The van der Waals surface area contributed by atoms with Crippen LogP contribution in [0.4, 0.5) is 0 Å². The molecule has 3 rings (SSSR count). The molecule has 1 aliphatic rings. The Labute approximate surface area is 185 Å². The smallest absolute Gasteiger partial charge is 0.191 e.